The Balaban J connectivity index is 2.02. The van der Waals surface area contributed by atoms with E-state index in [4.69, 9.17) is 0 Å². The first-order chi connectivity index (χ1) is 10.1. The van der Waals surface area contributed by atoms with E-state index in [-0.39, 0.29) is 18.4 Å². The van der Waals surface area contributed by atoms with Crippen molar-refractivity contribution in [2.24, 2.45) is 0 Å². The van der Waals surface area contributed by atoms with Gasteiger partial charge in [-0.25, -0.2) is 4.98 Å². The fraction of sp³-hybridized carbons (Fsp3) is 0.375. The molecule has 0 aliphatic heterocycles. The van der Waals surface area contributed by atoms with Gasteiger partial charge in [0.05, 0.1) is 10.7 Å². The van der Waals surface area contributed by atoms with Crippen molar-refractivity contribution < 1.29 is 9.90 Å². The van der Waals surface area contributed by atoms with Gasteiger partial charge in [-0.05, 0) is 25.8 Å². The molecule has 2 N–H and O–H groups in total. The molecule has 1 aromatic carbocycles. The second-order valence-electron chi connectivity index (χ2n) is 4.98. The Morgan fingerprint density at radius 2 is 2.05 bits per heavy atom. The number of aryl methyl sites for hydroxylation is 2. The van der Waals surface area contributed by atoms with Crippen LogP contribution in [-0.2, 0) is 0 Å². The smallest absolute Gasteiger partial charge is 0.263 e. The van der Waals surface area contributed by atoms with Gasteiger partial charge >= 0.3 is 0 Å². The lowest BCUT2D eigenvalue weighted by molar-refractivity contribution is 0.0952. The zero-order chi connectivity index (χ0) is 15.2. The lowest BCUT2D eigenvalue weighted by Gasteiger charge is -2.17. The highest BCUT2D eigenvalue weighted by Crippen LogP contribution is 2.20. The number of nitrogens with zero attached hydrogens (tertiary/aromatic N) is 1. The standard InChI is InChI=1S/C16H20N2O2S/c1-11-15(21-12(2)18-11)16(20)17-10-14(8-9-19)13-6-4-3-5-7-13/h3-7,14,19H,8-10H2,1-2H3,(H,17,20). The minimum absolute atomic E-state index is 0.0861. The first-order valence-electron chi connectivity index (χ1n) is 7.00. The Morgan fingerprint density at radius 3 is 2.62 bits per heavy atom. The fourth-order valence-electron chi connectivity index (χ4n) is 2.31. The Hall–Kier alpha value is -1.72. The molecule has 1 atom stereocenters. The molecule has 0 saturated heterocycles. The fourth-order valence-corrected chi connectivity index (χ4v) is 3.14. The summed E-state index contributed by atoms with van der Waals surface area (Å²) in [6.07, 6.45) is 0.630. The number of aliphatic hydroxyl groups is 1. The monoisotopic (exact) mass is 304 g/mol. The molecule has 0 saturated carbocycles. The molecule has 1 amide bonds. The van der Waals surface area contributed by atoms with Crippen LogP contribution in [0.2, 0.25) is 0 Å². The van der Waals surface area contributed by atoms with Crippen LogP contribution in [0.15, 0.2) is 30.3 Å². The first kappa shape index (κ1) is 15.7. The van der Waals surface area contributed by atoms with E-state index in [1.165, 1.54) is 11.3 Å². The molecule has 5 heteroatoms. The molecular weight excluding hydrogens is 284 g/mol. The quantitative estimate of drug-likeness (QED) is 0.862. The van der Waals surface area contributed by atoms with Crippen LogP contribution in [-0.4, -0.2) is 29.1 Å². The van der Waals surface area contributed by atoms with Crippen molar-refractivity contribution in [3.05, 3.63) is 51.5 Å². The summed E-state index contributed by atoms with van der Waals surface area (Å²) in [7, 11) is 0. The van der Waals surface area contributed by atoms with Gasteiger partial charge in [0.1, 0.15) is 4.88 Å². The number of thiazole rings is 1. The van der Waals surface area contributed by atoms with Crippen molar-refractivity contribution in [2.75, 3.05) is 13.2 Å². The van der Waals surface area contributed by atoms with Gasteiger partial charge in [-0.1, -0.05) is 30.3 Å². The Morgan fingerprint density at radius 1 is 1.33 bits per heavy atom. The number of carbonyl (C=O) groups is 1. The van der Waals surface area contributed by atoms with E-state index < -0.39 is 0 Å². The zero-order valence-electron chi connectivity index (χ0n) is 12.3. The Labute approximate surface area is 128 Å². The average molecular weight is 304 g/mol. The van der Waals surface area contributed by atoms with Gasteiger partial charge < -0.3 is 10.4 Å². The highest BCUT2D eigenvalue weighted by molar-refractivity contribution is 7.13. The molecule has 21 heavy (non-hydrogen) atoms. The number of hydrogen-bond acceptors (Lipinski definition) is 4. The molecule has 0 aliphatic rings. The van der Waals surface area contributed by atoms with Crippen molar-refractivity contribution in [1.82, 2.24) is 10.3 Å². The summed E-state index contributed by atoms with van der Waals surface area (Å²) in [5.74, 6) is 0.0337. The molecule has 1 aromatic heterocycles. The lowest BCUT2D eigenvalue weighted by atomic mass is 9.96. The maximum Gasteiger partial charge on any atom is 0.263 e. The van der Waals surface area contributed by atoms with E-state index in [1.54, 1.807) is 0 Å². The van der Waals surface area contributed by atoms with E-state index in [0.29, 0.717) is 17.8 Å². The summed E-state index contributed by atoms with van der Waals surface area (Å²) in [5, 5.41) is 13.1. The van der Waals surface area contributed by atoms with Gasteiger partial charge in [-0.2, -0.15) is 0 Å². The van der Waals surface area contributed by atoms with Crippen LogP contribution in [0.25, 0.3) is 0 Å². The Kier molecular flexibility index (Phi) is 5.47. The molecule has 0 radical (unpaired) electrons. The predicted octanol–water partition coefficient (Wildman–Crippen LogP) is 2.66. The number of carbonyl (C=O) groups excluding carboxylic acids is 1. The molecule has 112 valence electrons. The van der Waals surface area contributed by atoms with Crippen LogP contribution < -0.4 is 5.32 Å². The first-order valence-corrected chi connectivity index (χ1v) is 7.81. The number of amides is 1. The third-order valence-corrected chi connectivity index (χ3v) is 4.44. The van der Waals surface area contributed by atoms with Crippen LogP contribution >= 0.6 is 11.3 Å². The van der Waals surface area contributed by atoms with Gasteiger partial charge in [0, 0.05) is 19.1 Å². The second kappa shape index (κ2) is 7.33. The topological polar surface area (TPSA) is 62.2 Å². The number of nitrogens with one attached hydrogen (secondary N) is 1. The molecule has 0 bridgehead atoms. The van der Waals surface area contributed by atoms with Crippen molar-refractivity contribution in [3.63, 3.8) is 0 Å². The minimum Gasteiger partial charge on any atom is -0.396 e. The zero-order valence-corrected chi connectivity index (χ0v) is 13.1. The molecule has 4 nitrogen and oxygen atoms in total. The van der Waals surface area contributed by atoms with Gasteiger partial charge in [-0.15, -0.1) is 11.3 Å². The van der Waals surface area contributed by atoms with Crippen molar-refractivity contribution in [1.29, 1.82) is 0 Å². The molecule has 0 spiro atoms. The highest BCUT2D eigenvalue weighted by atomic mass is 32.1. The van der Waals surface area contributed by atoms with Crippen LogP contribution in [0.3, 0.4) is 0 Å². The summed E-state index contributed by atoms with van der Waals surface area (Å²) < 4.78 is 0. The summed E-state index contributed by atoms with van der Waals surface area (Å²) >= 11 is 1.41. The van der Waals surface area contributed by atoms with Gasteiger partial charge in [0.25, 0.3) is 5.91 Å². The molecule has 1 unspecified atom stereocenters. The maximum absolute atomic E-state index is 12.2. The molecule has 1 heterocycles. The van der Waals surface area contributed by atoms with Crippen LogP contribution in [0.4, 0.5) is 0 Å². The van der Waals surface area contributed by atoms with Crippen molar-refractivity contribution in [2.45, 2.75) is 26.2 Å². The van der Waals surface area contributed by atoms with Crippen molar-refractivity contribution in [3.8, 4) is 0 Å². The van der Waals surface area contributed by atoms with E-state index >= 15 is 0 Å². The van der Waals surface area contributed by atoms with Crippen molar-refractivity contribution >= 4 is 17.2 Å². The van der Waals surface area contributed by atoms with E-state index in [0.717, 1.165) is 16.3 Å². The Bertz CT molecular complexity index is 596. The summed E-state index contributed by atoms with van der Waals surface area (Å²) in [6.45, 7) is 4.36. The third-order valence-electron chi connectivity index (χ3n) is 3.37. The molecular formula is C16H20N2O2S. The molecule has 0 fully saturated rings. The van der Waals surface area contributed by atoms with E-state index in [1.807, 2.05) is 44.2 Å². The number of hydrogen-bond donors (Lipinski definition) is 2. The lowest BCUT2D eigenvalue weighted by Crippen LogP contribution is -2.28. The molecule has 0 aliphatic carbocycles. The molecule has 2 aromatic rings. The van der Waals surface area contributed by atoms with E-state index in [2.05, 4.69) is 10.3 Å². The number of aromatic nitrogens is 1. The predicted molar refractivity (Wildman–Crippen MR) is 84.8 cm³/mol. The third kappa shape index (κ3) is 4.12. The average Bonchev–Trinajstić information content (AvgIpc) is 2.83. The summed E-state index contributed by atoms with van der Waals surface area (Å²) in [5.41, 5.74) is 1.90. The van der Waals surface area contributed by atoms with Crippen LogP contribution in [0.5, 0.6) is 0 Å². The second-order valence-corrected chi connectivity index (χ2v) is 6.18. The number of benzene rings is 1. The van der Waals surface area contributed by atoms with Crippen LogP contribution in [0, 0.1) is 13.8 Å². The highest BCUT2D eigenvalue weighted by Gasteiger charge is 2.16. The van der Waals surface area contributed by atoms with Gasteiger partial charge in [0.15, 0.2) is 0 Å². The maximum atomic E-state index is 12.2. The number of rotatable bonds is 6. The van der Waals surface area contributed by atoms with Gasteiger partial charge in [0.2, 0.25) is 0 Å². The van der Waals surface area contributed by atoms with E-state index in [9.17, 15) is 9.90 Å². The summed E-state index contributed by atoms with van der Waals surface area (Å²) in [6, 6.07) is 9.95. The SMILES string of the molecule is Cc1nc(C)c(C(=O)NCC(CCO)c2ccccc2)s1. The normalized spacial score (nSPS) is 12.1. The largest absolute Gasteiger partial charge is 0.396 e. The van der Waals surface area contributed by atoms with Gasteiger partial charge in [-0.3, -0.25) is 4.79 Å². The number of aliphatic hydroxyl groups excluding tert-OH is 1. The molecule has 2 rings (SSSR count). The van der Waals surface area contributed by atoms with Crippen LogP contribution in [0.1, 0.15) is 38.3 Å². The minimum atomic E-state index is -0.0861. The summed E-state index contributed by atoms with van der Waals surface area (Å²) in [4.78, 5) is 17.2.